The third-order valence-electron chi connectivity index (χ3n) is 2.38. The molecule has 2 aromatic rings. The number of benzene rings is 1. The van der Waals surface area contributed by atoms with Gasteiger partial charge in [0.25, 0.3) is 0 Å². The van der Waals surface area contributed by atoms with E-state index in [2.05, 4.69) is 26.1 Å². The fourth-order valence-electron chi connectivity index (χ4n) is 1.53. The summed E-state index contributed by atoms with van der Waals surface area (Å²) >= 11 is 3.40. The van der Waals surface area contributed by atoms with Gasteiger partial charge in [0.05, 0.1) is 5.69 Å². The van der Waals surface area contributed by atoms with Gasteiger partial charge in [-0.3, -0.25) is 5.10 Å². The van der Waals surface area contributed by atoms with Crippen molar-refractivity contribution in [1.82, 2.24) is 10.2 Å². The van der Waals surface area contributed by atoms with E-state index in [0.29, 0.717) is 0 Å². The summed E-state index contributed by atoms with van der Waals surface area (Å²) in [4.78, 5) is 0. The van der Waals surface area contributed by atoms with Gasteiger partial charge in [-0.05, 0) is 31.0 Å². The number of hydrogen-bond acceptors (Lipinski definition) is 2. The van der Waals surface area contributed by atoms with E-state index in [9.17, 15) is 0 Å². The molecule has 16 heavy (non-hydrogen) atoms. The molecule has 3 nitrogen and oxygen atoms in total. The fraction of sp³-hybridized carbons (Fsp3) is 0.250. The third-order valence-corrected chi connectivity index (χ3v) is 2.90. The lowest BCUT2D eigenvalue weighted by Crippen LogP contribution is -1.88. The van der Waals surface area contributed by atoms with Crippen LogP contribution in [-0.2, 0) is 6.42 Å². The second-order valence-electron chi connectivity index (χ2n) is 3.61. The summed E-state index contributed by atoms with van der Waals surface area (Å²) in [6, 6.07) is 10.1. The highest BCUT2D eigenvalue weighted by Gasteiger charge is 2.03. The summed E-state index contributed by atoms with van der Waals surface area (Å²) in [5.41, 5.74) is 3.10. The number of aromatic nitrogens is 2. The first-order valence-corrected chi connectivity index (χ1v) is 6.00. The first-order valence-electron chi connectivity index (χ1n) is 5.20. The first-order chi connectivity index (χ1) is 7.79. The molecule has 0 fully saturated rings. The summed E-state index contributed by atoms with van der Waals surface area (Å²) in [5.74, 6) is 0. The Hall–Kier alpha value is -1.13. The smallest absolute Gasteiger partial charge is 0.0923 e. The maximum atomic E-state index is 8.74. The van der Waals surface area contributed by atoms with Gasteiger partial charge in [0, 0.05) is 22.3 Å². The fourth-order valence-corrected chi connectivity index (χ4v) is 1.79. The summed E-state index contributed by atoms with van der Waals surface area (Å²) in [7, 11) is 0. The van der Waals surface area contributed by atoms with Crippen LogP contribution in [0, 0.1) is 0 Å². The van der Waals surface area contributed by atoms with Crippen molar-refractivity contribution in [1.29, 1.82) is 0 Å². The van der Waals surface area contributed by atoms with Gasteiger partial charge in [-0.25, -0.2) is 0 Å². The van der Waals surface area contributed by atoms with Crippen LogP contribution >= 0.6 is 15.9 Å². The van der Waals surface area contributed by atoms with Crippen LogP contribution in [0.1, 0.15) is 12.1 Å². The second kappa shape index (κ2) is 5.27. The van der Waals surface area contributed by atoms with E-state index in [4.69, 9.17) is 5.11 Å². The molecule has 2 rings (SSSR count). The number of rotatable bonds is 4. The molecule has 0 radical (unpaired) electrons. The van der Waals surface area contributed by atoms with Gasteiger partial charge in [-0.1, -0.05) is 28.1 Å². The molecule has 0 saturated carbocycles. The van der Waals surface area contributed by atoms with Crippen molar-refractivity contribution in [3.8, 4) is 11.3 Å². The number of aliphatic hydroxyl groups excluding tert-OH is 1. The molecule has 1 heterocycles. The molecular weight excluding hydrogens is 268 g/mol. The van der Waals surface area contributed by atoms with Crippen LogP contribution in [0.3, 0.4) is 0 Å². The van der Waals surface area contributed by atoms with Crippen molar-refractivity contribution in [3.05, 3.63) is 40.5 Å². The van der Waals surface area contributed by atoms with E-state index in [1.54, 1.807) is 0 Å². The maximum Gasteiger partial charge on any atom is 0.0923 e. The van der Waals surface area contributed by atoms with Crippen LogP contribution in [0.4, 0.5) is 0 Å². The van der Waals surface area contributed by atoms with Crippen molar-refractivity contribution >= 4 is 15.9 Å². The first kappa shape index (κ1) is 11.4. The van der Waals surface area contributed by atoms with E-state index in [1.165, 1.54) is 0 Å². The van der Waals surface area contributed by atoms with Crippen LogP contribution in [0.5, 0.6) is 0 Å². The van der Waals surface area contributed by atoms with Crippen molar-refractivity contribution < 1.29 is 5.11 Å². The normalized spacial score (nSPS) is 10.6. The van der Waals surface area contributed by atoms with Gasteiger partial charge < -0.3 is 5.11 Å². The highest BCUT2D eigenvalue weighted by Crippen LogP contribution is 2.20. The second-order valence-corrected chi connectivity index (χ2v) is 4.53. The van der Waals surface area contributed by atoms with E-state index in [-0.39, 0.29) is 6.61 Å². The minimum Gasteiger partial charge on any atom is -0.396 e. The molecule has 1 aromatic heterocycles. The highest BCUT2D eigenvalue weighted by molar-refractivity contribution is 9.10. The Balaban J connectivity index is 2.15. The monoisotopic (exact) mass is 280 g/mol. The lowest BCUT2D eigenvalue weighted by atomic mass is 10.1. The lowest BCUT2D eigenvalue weighted by Gasteiger charge is -1.95. The Bertz CT molecular complexity index is 450. The topological polar surface area (TPSA) is 48.9 Å². The maximum absolute atomic E-state index is 8.74. The Labute approximate surface area is 103 Å². The molecule has 0 atom stereocenters. The summed E-state index contributed by atoms with van der Waals surface area (Å²) < 4.78 is 1.06. The number of hydrogen-bond donors (Lipinski definition) is 2. The van der Waals surface area contributed by atoms with E-state index < -0.39 is 0 Å². The molecule has 0 spiro atoms. The van der Waals surface area contributed by atoms with Gasteiger partial charge in [0.15, 0.2) is 0 Å². The molecule has 4 heteroatoms. The van der Waals surface area contributed by atoms with Crippen molar-refractivity contribution in [2.75, 3.05) is 6.61 Å². The number of halogens is 1. The molecule has 0 aliphatic carbocycles. The summed E-state index contributed by atoms with van der Waals surface area (Å²) in [5, 5.41) is 16.0. The molecular formula is C12H13BrN2O. The highest BCUT2D eigenvalue weighted by atomic mass is 79.9. The zero-order valence-electron chi connectivity index (χ0n) is 8.78. The molecule has 0 unspecified atom stereocenters. The number of H-pyrrole nitrogens is 1. The molecule has 0 saturated heterocycles. The van der Waals surface area contributed by atoms with Gasteiger partial charge in [-0.2, -0.15) is 5.10 Å². The van der Waals surface area contributed by atoms with Gasteiger partial charge in [-0.15, -0.1) is 0 Å². The van der Waals surface area contributed by atoms with E-state index >= 15 is 0 Å². The zero-order valence-corrected chi connectivity index (χ0v) is 10.4. The van der Waals surface area contributed by atoms with E-state index in [0.717, 1.165) is 34.3 Å². The summed E-state index contributed by atoms with van der Waals surface area (Å²) in [6.45, 7) is 0.215. The minimum atomic E-state index is 0.215. The predicted octanol–water partition coefficient (Wildman–Crippen LogP) is 2.76. The quantitative estimate of drug-likeness (QED) is 0.905. The zero-order chi connectivity index (χ0) is 11.4. The number of nitrogens with zero attached hydrogens (tertiary/aromatic N) is 1. The van der Waals surface area contributed by atoms with Crippen LogP contribution < -0.4 is 0 Å². The Morgan fingerprint density at radius 2 is 2.00 bits per heavy atom. The van der Waals surface area contributed by atoms with Crippen LogP contribution in [0.2, 0.25) is 0 Å². The van der Waals surface area contributed by atoms with Crippen LogP contribution in [-0.4, -0.2) is 21.9 Å². The van der Waals surface area contributed by atoms with Gasteiger partial charge in [0.1, 0.15) is 0 Å². The van der Waals surface area contributed by atoms with E-state index in [1.807, 2.05) is 30.3 Å². The third kappa shape index (κ3) is 2.71. The predicted molar refractivity (Wildman–Crippen MR) is 67.1 cm³/mol. The molecule has 2 N–H and O–H groups in total. The number of aryl methyl sites for hydroxylation is 1. The average molecular weight is 281 g/mol. The summed E-state index contributed by atoms with van der Waals surface area (Å²) in [6.07, 6.45) is 1.60. The Morgan fingerprint density at radius 1 is 1.25 bits per heavy atom. The minimum absolute atomic E-state index is 0.215. The molecule has 0 bridgehead atoms. The molecule has 0 amide bonds. The molecule has 1 aromatic carbocycles. The molecule has 0 aliphatic rings. The van der Waals surface area contributed by atoms with Crippen molar-refractivity contribution in [2.24, 2.45) is 0 Å². The van der Waals surface area contributed by atoms with Crippen LogP contribution in [0.25, 0.3) is 11.3 Å². The lowest BCUT2D eigenvalue weighted by molar-refractivity contribution is 0.288. The van der Waals surface area contributed by atoms with Gasteiger partial charge in [0.2, 0.25) is 0 Å². The molecule has 84 valence electrons. The number of nitrogens with one attached hydrogen (secondary N) is 1. The molecule has 0 aliphatic heterocycles. The Kier molecular flexibility index (Phi) is 3.74. The van der Waals surface area contributed by atoms with Crippen LogP contribution in [0.15, 0.2) is 34.8 Å². The number of aliphatic hydroxyl groups is 1. The van der Waals surface area contributed by atoms with Crippen molar-refractivity contribution in [2.45, 2.75) is 12.8 Å². The Morgan fingerprint density at radius 3 is 2.69 bits per heavy atom. The van der Waals surface area contributed by atoms with Gasteiger partial charge >= 0.3 is 0 Å². The number of aromatic amines is 1. The largest absolute Gasteiger partial charge is 0.396 e. The standard InChI is InChI=1S/C12H13BrN2O/c13-10-5-3-9(4-6-10)12-8-11(14-15-12)2-1-7-16/h3-6,8,16H,1-2,7H2,(H,14,15). The average Bonchev–Trinajstić information content (AvgIpc) is 2.76. The SMILES string of the molecule is OCCCc1cc(-c2ccc(Br)cc2)n[nH]1. The van der Waals surface area contributed by atoms with Crippen molar-refractivity contribution in [3.63, 3.8) is 0 Å².